The summed E-state index contributed by atoms with van der Waals surface area (Å²) in [6, 6.07) is 7.02. The number of carbonyl (C=O) groups is 1. The first-order chi connectivity index (χ1) is 7.13. The van der Waals surface area contributed by atoms with Gasteiger partial charge in [-0.3, -0.25) is 4.79 Å². The molecule has 3 nitrogen and oxygen atoms in total. The first kappa shape index (κ1) is 11.9. The largest absolute Gasteiger partial charge is 0.374 e. The zero-order chi connectivity index (χ0) is 11.3. The molecule has 0 spiro atoms. The topological polar surface area (TPSA) is 41.1 Å². The Morgan fingerprint density at radius 2 is 2.00 bits per heavy atom. The van der Waals surface area contributed by atoms with Crippen LogP contribution >= 0.6 is 11.6 Å². The van der Waals surface area contributed by atoms with E-state index < -0.39 is 0 Å². The number of hydrogen-bond acceptors (Lipinski definition) is 2. The van der Waals surface area contributed by atoms with Gasteiger partial charge in [-0.1, -0.05) is 11.6 Å². The molecule has 0 radical (unpaired) electrons. The Morgan fingerprint density at radius 3 is 2.53 bits per heavy atom. The van der Waals surface area contributed by atoms with Gasteiger partial charge in [0.05, 0.1) is 0 Å². The monoisotopic (exact) mass is 226 g/mol. The predicted octanol–water partition coefficient (Wildman–Crippen LogP) is 2.28. The third-order valence-electron chi connectivity index (χ3n) is 1.97. The molecule has 0 saturated heterocycles. The second kappa shape index (κ2) is 5.61. The maximum absolute atomic E-state index is 11.4. The molecule has 1 aromatic rings. The number of likely N-dealkylation sites (N-methyl/N-ethyl adjacent to an activating group) is 1. The minimum absolute atomic E-state index is 0.00699. The van der Waals surface area contributed by atoms with Crippen LogP contribution < -0.4 is 10.6 Å². The van der Waals surface area contributed by atoms with Crippen molar-refractivity contribution in [3.05, 3.63) is 29.3 Å². The number of halogens is 1. The van der Waals surface area contributed by atoms with Crippen LogP contribution in [-0.2, 0) is 4.79 Å². The Labute approximate surface area is 94.8 Å². The highest BCUT2D eigenvalue weighted by Gasteiger charge is 2.10. The fourth-order valence-corrected chi connectivity index (χ4v) is 1.31. The van der Waals surface area contributed by atoms with E-state index in [1.165, 1.54) is 0 Å². The molecule has 2 N–H and O–H groups in total. The molecule has 1 unspecified atom stereocenters. The third-order valence-corrected chi connectivity index (χ3v) is 2.22. The van der Waals surface area contributed by atoms with Gasteiger partial charge in [-0.05, 0) is 38.1 Å². The summed E-state index contributed by atoms with van der Waals surface area (Å²) in [7, 11) is 0. The molecule has 82 valence electrons. The number of rotatable bonds is 4. The maximum atomic E-state index is 11.4. The second-order valence-corrected chi connectivity index (χ2v) is 3.70. The minimum atomic E-state index is -0.244. The van der Waals surface area contributed by atoms with Crippen LogP contribution in [0.5, 0.6) is 0 Å². The second-order valence-electron chi connectivity index (χ2n) is 3.27. The van der Waals surface area contributed by atoms with Crippen LogP contribution in [0.4, 0.5) is 5.69 Å². The Balaban J connectivity index is 2.54. The van der Waals surface area contributed by atoms with Crippen LogP contribution in [0.25, 0.3) is 0 Å². The summed E-state index contributed by atoms with van der Waals surface area (Å²) >= 11 is 5.75. The molecule has 0 aliphatic heterocycles. The van der Waals surface area contributed by atoms with Gasteiger partial charge in [0, 0.05) is 17.3 Å². The summed E-state index contributed by atoms with van der Waals surface area (Å²) < 4.78 is 0. The number of carbonyl (C=O) groups excluding carboxylic acids is 1. The van der Waals surface area contributed by atoms with E-state index in [4.69, 9.17) is 11.6 Å². The predicted molar refractivity (Wildman–Crippen MR) is 63.2 cm³/mol. The highest BCUT2D eigenvalue weighted by Crippen LogP contribution is 2.14. The van der Waals surface area contributed by atoms with Gasteiger partial charge in [-0.2, -0.15) is 0 Å². The lowest BCUT2D eigenvalue weighted by Crippen LogP contribution is -2.37. The summed E-state index contributed by atoms with van der Waals surface area (Å²) in [5, 5.41) is 6.52. The first-order valence-corrected chi connectivity index (χ1v) is 5.31. The molecule has 1 rings (SSSR count). The Bertz CT molecular complexity index is 324. The van der Waals surface area contributed by atoms with E-state index in [1.807, 2.05) is 26.0 Å². The molecule has 0 aliphatic carbocycles. The average Bonchev–Trinajstić information content (AvgIpc) is 2.22. The van der Waals surface area contributed by atoms with E-state index in [1.54, 1.807) is 12.1 Å². The molecule has 15 heavy (non-hydrogen) atoms. The van der Waals surface area contributed by atoms with E-state index in [0.29, 0.717) is 11.6 Å². The van der Waals surface area contributed by atoms with Gasteiger partial charge < -0.3 is 10.6 Å². The minimum Gasteiger partial charge on any atom is -0.374 e. The zero-order valence-corrected chi connectivity index (χ0v) is 9.64. The lowest BCUT2D eigenvalue weighted by molar-refractivity contribution is -0.121. The van der Waals surface area contributed by atoms with Gasteiger partial charge in [-0.15, -0.1) is 0 Å². The summed E-state index contributed by atoms with van der Waals surface area (Å²) in [4.78, 5) is 11.4. The van der Waals surface area contributed by atoms with Gasteiger partial charge in [0.2, 0.25) is 5.91 Å². The molecule has 0 bridgehead atoms. The van der Waals surface area contributed by atoms with E-state index in [-0.39, 0.29) is 11.9 Å². The highest BCUT2D eigenvalue weighted by atomic mass is 35.5. The van der Waals surface area contributed by atoms with Crippen molar-refractivity contribution >= 4 is 23.2 Å². The Kier molecular flexibility index (Phi) is 4.43. The summed E-state index contributed by atoms with van der Waals surface area (Å²) in [5.74, 6) is -0.00699. The normalized spacial score (nSPS) is 11.9. The van der Waals surface area contributed by atoms with Crippen LogP contribution in [0.15, 0.2) is 24.3 Å². The van der Waals surface area contributed by atoms with Gasteiger partial charge in [0.1, 0.15) is 6.04 Å². The van der Waals surface area contributed by atoms with E-state index in [2.05, 4.69) is 10.6 Å². The van der Waals surface area contributed by atoms with Crippen LogP contribution in [0.3, 0.4) is 0 Å². The number of anilines is 1. The lowest BCUT2D eigenvalue weighted by atomic mass is 10.2. The molecule has 0 aromatic heterocycles. The van der Waals surface area contributed by atoms with Crippen molar-refractivity contribution in [2.45, 2.75) is 19.9 Å². The molecule has 1 atom stereocenters. The third kappa shape index (κ3) is 3.80. The van der Waals surface area contributed by atoms with E-state index in [0.717, 1.165) is 5.69 Å². The van der Waals surface area contributed by atoms with Crippen molar-refractivity contribution in [1.82, 2.24) is 5.32 Å². The molecule has 1 amide bonds. The number of nitrogens with one attached hydrogen (secondary N) is 2. The van der Waals surface area contributed by atoms with Gasteiger partial charge in [0.25, 0.3) is 0 Å². The summed E-state index contributed by atoms with van der Waals surface area (Å²) in [5.41, 5.74) is 0.887. The van der Waals surface area contributed by atoms with Crippen molar-refractivity contribution in [3.8, 4) is 0 Å². The summed E-state index contributed by atoms with van der Waals surface area (Å²) in [6.07, 6.45) is 0. The number of hydrogen-bond donors (Lipinski definition) is 2. The quantitative estimate of drug-likeness (QED) is 0.827. The molecule has 0 aliphatic rings. The molecule has 4 heteroatoms. The van der Waals surface area contributed by atoms with Crippen LogP contribution in [0, 0.1) is 0 Å². The maximum Gasteiger partial charge on any atom is 0.242 e. The van der Waals surface area contributed by atoms with Gasteiger partial charge in [-0.25, -0.2) is 0 Å². The standard InChI is InChI=1S/C11H15ClN2O/c1-3-13-11(15)8(2)14-10-6-4-9(12)5-7-10/h4-8,14H,3H2,1-2H3,(H,13,15). The molecule has 1 aromatic carbocycles. The van der Waals surface area contributed by atoms with Crippen molar-refractivity contribution in [1.29, 1.82) is 0 Å². The van der Waals surface area contributed by atoms with E-state index >= 15 is 0 Å². The average molecular weight is 227 g/mol. The molecule has 0 fully saturated rings. The molecule has 0 heterocycles. The van der Waals surface area contributed by atoms with Crippen LogP contribution in [0.1, 0.15) is 13.8 Å². The Hall–Kier alpha value is -1.22. The van der Waals surface area contributed by atoms with Crippen molar-refractivity contribution in [2.75, 3.05) is 11.9 Å². The zero-order valence-electron chi connectivity index (χ0n) is 8.88. The molecular weight excluding hydrogens is 212 g/mol. The van der Waals surface area contributed by atoms with E-state index in [9.17, 15) is 4.79 Å². The van der Waals surface area contributed by atoms with Crippen molar-refractivity contribution in [3.63, 3.8) is 0 Å². The van der Waals surface area contributed by atoms with Crippen molar-refractivity contribution < 1.29 is 4.79 Å². The SMILES string of the molecule is CCNC(=O)C(C)Nc1ccc(Cl)cc1. The molecule has 0 saturated carbocycles. The van der Waals surface area contributed by atoms with Gasteiger partial charge in [0.15, 0.2) is 0 Å². The highest BCUT2D eigenvalue weighted by molar-refractivity contribution is 6.30. The van der Waals surface area contributed by atoms with Crippen LogP contribution in [-0.4, -0.2) is 18.5 Å². The van der Waals surface area contributed by atoms with Crippen molar-refractivity contribution in [2.24, 2.45) is 0 Å². The number of benzene rings is 1. The first-order valence-electron chi connectivity index (χ1n) is 4.93. The number of amides is 1. The lowest BCUT2D eigenvalue weighted by Gasteiger charge is -2.14. The molecular formula is C11H15ClN2O. The van der Waals surface area contributed by atoms with Gasteiger partial charge >= 0.3 is 0 Å². The van der Waals surface area contributed by atoms with Crippen LogP contribution in [0.2, 0.25) is 5.02 Å². The fourth-order valence-electron chi connectivity index (χ4n) is 1.19. The summed E-state index contributed by atoms with van der Waals surface area (Å²) in [6.45, 7) is 4.36. The smallest absolute Gasteiger partial charge is 0.242 e. The Morgan fingerprint density at radius 1 is 1.40 bits per heavy atom. The fraction of sp³-hybridized carbons (Fsp3) is 0.364.